The monoisotopic (exact) mass is 402 g/mol. The molecule has 0 aliphatic heterocycles. The van der Waals surface area contributed by atoms with Gasteiger partial charge < -0.3 is 9.15 Å². The predicted molar refractivity (Wildman–Crippen MR) is 117 cm³/mol. The second kappa shape index (κ2) is 10.4. The Hall–Kier alpha value is -3.39. The lowest BCUT2D eigenvalue weighted by Gasteiger charge is -2.14. The van der Waals surface area contributed by atoms with Gasteiger partial charge in [-0.2, -0.15) is 5.26 Å². The summed E-state index contributed by atoms with van der Waals surface area (Å²) in [5, 5.41) is 9.39. The Morgan fingerprint density at radius 2 is 1.97 bits per heavy atom. The molecule has 1 unspecified atom stereocenters. The smallest absolute Gasteiger partial charge is 0.348 e. The second-order valence-electron chi connectivity index (χ2n) is 7.29. The average Bonchev–Trinajstić information content (AvgIpc) is 3.22. The molecule has 30 heavy (non-hydrogen) atoms. The Kier molecular flexibility index (Phi) is 7.40. The minimum absolute atomic E-state index is 0.00467. The van der Waals surface area contributed by atoms with Crippen LogP contribution in [-0.2, 0) is 9.53 Å². The third kappa shape index (κ3) is 5.36. The molecule has 1 heterocycles. The lowest BCUT2D eigenvalue weighted by Crippen LogP contribution is -2.14. The molecule has 0 bridgehead atoms. The van der Waals surface area contributed by atoms with Gasteiger partial charge in [0.05, 0.1) is 6.61 Å². The van der Waals surface area contributed by atoms with Crippen LogP contribution >= 0.6 is 0 Å². The number of rotatable bonds is 9. The topological polar surface area (TPSA) is 76.1 Å². The number of benzene rings is 2. The number of ether oxygens (including phenoxy) is 1. The summed E-state index contributed by atoms with van der Waals surface area (Å²) in [5.74, 6) is 0.296. The number of nitriles is 1. The van der Waals surface area contributed by atoms with Crippen molar-refractivity contribution >= 4 is 23.1 Å². The number of unbranched alkanes of at least 4 members (excludes halogenated alkanes) is 1. The van der Waals surface area contributed by atoms with Crippen molar-refractivity contribution in [1.82, 2.24) is 4.98 Å². The highest BCUT2D eigenvalue weighted by Crippen LogP contribution is 2.24. The van der Waals surface area contributed by atoms with Crippen LogP contribution < -0.4 is 0 Å². The normalized spacial score (nSPS) is 12.5. The van der Waals surface area contributed by atoms with Gasteiger partial charge in [0.25, 0.3) is 0 Å². The van der Waals surface area contributed by atoms with Crippen LogP contribution in [0.15, 0.2) is 58.5 Å². The van der Waals surface area contributed by atoms with Gasteiger partial charge in [-0.1, -0.05) is 57.4 Å². The summed E-state index contributed by atoms with van der Waals surface area (Å²) >= 11 is 0. The van der Waals surface area contributed by atoms with Crippen LogP contribution in [0.2, 0.25) is 0 Å². The highest BCUT2D eigenvalue weighted by molar-refractivity contribution is 5.97. The largest absolute Gasteiger partial charge is 0.461 e. The van der Waals surface area contributed by atoms with Crippen LogP contribution in [0.25, 0.3) is 28.6 Å². The quantitative estimate of drug-likeness (QED) is 0.243. The summed E-state index contributed by atoms with van der Waals surface area (Å²) in [4.78, 5) is 16.8. The maximum absolute atomic E-state index is 12.3. The summed E-state index contributed by atoms with van der Waals surface area (Å²) in [6, 6.07) is 16.9. The standard InChI is InChI=1S/C25H26N2O3/c1-3-5-8-18(4-2)17-29-25(28)21(16-26)15-19-11-13-20(14-12-19)24-27-22-9-6-7-10-23(22)30-24/h6-7,9-15,18H,3-5,8,17H2,1-2H3/b21-15-. The minimum atomic E-state index is -0.574. The molecule has 0 amide bonds. The number of nitrogens with zero attached hydrogens (tertiary/aromatic N) is 2. The molecule has 0 fully saturated rings. The number of fused-ring (bicyclic) bond motifs is 1. The molecule has 1 aromatic heterocycles. The van der Waals surface area contributed by atoms with Crippen molar-refractivity contribution in [3.05, 3.63) is 59.7 Å². The van der Waals surface area contributed by atoms with E-state index in [0.29, 0.717) is 18.4 Å². The summed E-state index contributed by atoms with van der Waals surface area (Å²) in [5.41, 5.74) is 3.09. The van der Waals surface area contributed by atoms with Gasteiger partial charge in [0.1, 0.15) is 17.2 Å². The molecule has 0 aliphatic carbocycles. The Bertz CT molecular complexity index is 1020. The first kappa shape index (κ1) is 21.3. The fraction of sp³-hybridized carbons (Fsp3) is 0.320. The van der Waals surface area contributed by atoms with Crippen molar-refractivity contribution in [2.45, 2.75) is 39.5 Å². The molecular weight excluding hydrogens is 376 g/mol. The molecule has 1 atom stereocenters. The van der Waals surface area contributed by atoms with Crippen LogP contribution in [0, 0.1) is 17.2 Å². The molecule has 2 aromatic carbocycles. The number of esters is 1. The second-order valence-corrected chi connectivity index (χ2v) is 7.29. The summed E-state index contributed by atoms with van der Waals surface area (Å²) in [7, 11) is 0. The van der Waals surface area contributed by atoms with Crippen molar-refractivity contribution in [2.24, 2.45) is 5.92 Å². The van der Waals surface area contributed by atoms with Crippen LogP contribution in [0.1, 0.15) is 45.1 Å². The molecule has 5 heteroatoms. The molecule has 3 aromatic rings. The predicted octanol–water partition coefficient (Wildman–Crippen LogP) is 6.16. The number of hydrogen-bond donors (Lipinski definition) is 0. The van der Waals surface area contributed by atoms with Gasteiger partial charge in [-0.3, -0.25) is 0 Å². The molecule has 0 radical (unpaired) electrons. The first-order valence-electron chi connectivity index (χ1n) is 10.4. The van der Waals surface area contributed by atoms with Gasteiger partial charge in [0, 0.05) is 5.56 Å². The number of hydrogen-bond acceptors (Lipinski definition) is 5. The Morgan fingerprint density at radius 3 is 2.63 bits per heavy atom. The maximum Gasteiger partial charge on any atom is 0.348 e. The maximum atomic E-state index is 12.3. The van der Waals surface area contributed by atoms with Gasteiger partial charge in [-0.25, -0.2) is 9.78 Å². The van der Waals surface area contributed by atoms with Crippen molar-refractivity contribution in [3.8, 4) is 17.5 Å². The van der Waals surface area contributed by atoms with E-state index in [1.165, 1.54) is 0 Å². The van der Waals surface area contributed by atoms with E-state index >= 15 is 0 Å². The van der Waals surface area contributed by atoms with Gasteiger partial charge >= 0.3 is 5.97 Å². The fourth-order valence-corrected chi connectivity index (χ4v) is 3.19. The Morgan fingerprint density at radius 1 is 1.20 bits per heavy atom. The van der Waals surface area contributed by atoms with Gasteiger partial charge in [0.15, 0.2) is 5.58 Å². The van der Waals surface area contributed by atoms with E-state index in [0.717, 1.165) is 47.9 Å². The molecule has 0 aliphatic rings. The molecule has 3 rings (SSSR count). The number of carbonyl (C=O) groups is 1. The Labute approximate surface area is 177 Å². The fourth-order valence-electron chi connectivity index (χ4n) is 3.19. The SMILES string of the molecule is CCCCC(CC)COC(=O)/C(C#N)=C\c1ccc(-c2nc3ccccc3o2)cc1. The zero-order valence-electron chi connectivity index (χ0n) is 17.4. The molecular formula is C25H26N2O3. The van der Waals surface area contributed by atoms with E-state index in [2.05, 4.69) is 18.8 Å². The third-order valence-corrected chi connectivity index (χ3v) is 5.10. The first-order valence-corrected chi connectivity index (χ1v) is 10.4. The third-order valence-electron chi connectivity index (χ3n) is 5.10. The van der Waals surface area contributed by atoms with E-state index in [1.54, 1.807) is 6.08 Å². The van der Waals surface area contributed by atoms with Crippen molar-refractivity contribution < 1.29 is 13.9 Å². The van der Waals surface area contributed by atoms with Gasteiger partial charge in [-0.05, 0) is 48.2 Å². The van der Waals surface area contributed by atoms with Crippen molar-refractivity contribution in [2.75, 3.05) is 6.61 Å². The van der Waals surface area contributed by atoms with Crippen LogP contribution in [0.4, 0.5) is 0 Å². The summed E-state index contributed by atoms with van der Waals surface area (Å²) < 4.78 is 11.2. The van der Waals surface area contributed by atoms with Crippen LogP contribution in [-0.4, -0.2) is 17.6 Å². The van der Waals surface area contributed by atoms with Crippen LogP contribution in [0.5, 0.6) is 0 Å². The van der Waals surface area contributed by atoms with Crippen LogP contribution in [0.3, 0.4) is 0 Å². The molecule has 0 saturated carbocycles. The van der Waals surface area contributed by atoms with E-state index < -0.39 is 5.97 Å². The van der Waals surface area contributed by atoms with Crippen molar-refractivity contribution in [3.63, 3.8) is 0 Å². The molecule has 0 saturated heterocycles. The molecule has 5 nitrogen and oxygen atoms in total. The lowest BCUT2D eigenvalue weighted by atomic mass is 10.0. The number of para-hydroxylation sites is 2. The molecule has 154 valence electrons. The summed E-state index contributed by atoms with van der Waals surface area (Å²) in [6.45, 7) is 4.59. The van der Waals surface area contributed by atoms with Gasteiger partial charge in [-0.15, -0.1) is 0 Å². The highest BCUT2D eigenvalue weighted by Gasteiger charge is 2.14. The van der Waals surface area contributed by atoms with E-state index in [4.69, 9.17) is 9.15 Å². The zero-order valence-corrected chi connectivity index (χ0v) is 17.4. The number of aromatic nitrogens is 1. The van der Waals surface area contributed by atoms with Gasteiger partial charge in [0.2, 0.25) is 5.89 Å². The van der Waals surface area contributed by atoms with Crippen molar-refractivity contribution in [1.29, 1.82) is 5.26 Å². The highest BCUT2D eigenvalue weighted by atomic mass is 16.5. The number of carbonyl (C=O) groups excluding carboxylic acids is 1. The minimum Gasteiger partial charge on any atom is -0.461 e. The Balaban J connectivity index is 1.68. The zero-order chi connectivity index (χ0) is 21.3. The lowest BCUT2D eigenvalue weighted by molar-refractivity contribution is -0.139. The van der Waals surface area contributed by atoms with E-state index in [9.17, 15) is 10.1 Å². The van der Waals surface area contributed by atoms with E-state index in [-0.39, 0.29) is 5.57 Å². The van der Waals surface area contributed by atoms with E-state index in [1.807, 2.05) is 54.6 Å². The molecule has 0 N–H and O–H groups in total. The molecule has 0 spiro atoms. The number of oxazole rings is 1. The average molecular weight is 402 g/mol. The first-order chi connectivity index (χ1) is 14.6. The summed E-state index contributed by atoms with van der Waals surface area (Å²) in [6.07, 6.45) is 5.77.